The molecule has 0 bridgehead atoms. The first-order valence-electron chi connectivity index (χ1n) is 6.96. The van der Waals surface area contributed by atoms with E-state index in [9.17, 15) is 0 Å². The summed E-state index contributed by atoms with van der Waals surface area (Å²) >= 11 is 0. The van der Waals surface area contributed by atoms with Crippen LogP contribution in [0.15, 0.2) is 18.5 Å². The first kappa shape index (κ1) is 12.4. The number of piperidine rings is 1. The molecule has 1 saturated heterocycles. The van der Waals surface area contributed by atoms with Crippen molar-refractivity contribution in [2.45, 2.75) is 32.7 Å². The Morgan fingerprint density at radius 3 is 3.05 bits per heavy atom. The molecule has 0 aromatic carbocycles. The van der Waals surface area contributed by atoms with Crippen LogP contribution in [0, 0.1) is 12.8 Å². The summed E-state index contributed by atoms with van der Waals surface area (Å²) in [6.07, 6.45) is 4.03. The molecule has 5 heteroatoms. The number of aryl methyl sites for hydroxylation is 1. The summed E-state index contributed by atoms with van der Waals surface area (Å²) in [5, 5.41) is 4.34. The summed E-state index contributed by atoms with van der Waals surface area (Å²) in [4.78, 5) is 6.68. The minimum atomic E-state index is 0.249. The molecule has 2 atom stereocenters. The van der Waals surface area contributed by atoms with Gasteiger partial charge in [-0.05, 0) is 50.3 Å². The average molecular weight is 259 g/mol. The zero-order chi connectivity index (χ0) is 13.4. The summed E-state index contributed by atoms with van der Waals surface area (Å²) in [5.74, 6) is 1.70. The highest BCUT2D eigenvalue weighted by Gasteiger charge is 2.24. The van der Waals surface area contributed by atoms with Crippen molar-refractivity contribution in [1.82, 2.24) is 14.6 Å². The molecule has 1 aliphatic heterocycles. The summed E-state index contributed by atoms with van der Waals surface area (Å²) in [6, 6.07) is 4.49. The van der Waals surface area contributed by atoms with Crippen molar-refractivity contribution in [3.63, 3.8) is 0 Å². The Balaban J connectivity index is 1.97. The molecule has 102 valence electrons. The van der Waals surface area contributed by atoms with Crippen LogP contribution >= 0.6 is 0 Å². The van der Waals surface area contributed by atoms with E-state index in [1.165, 1.54) is 18.4 Å². The quantitative estimate of drug-likeness (QED) is 0.890. The topological polar surface area (TPSA) is 59.5 Å². The molecule has 2 aromatic rings. The van der Waals surface area contributed by atoms with E-state index in [0.29, 0.717) is 5.92 Å². The molecule has 0 amide bonds. The van der Waals surface area contributed by atoms with Crippen molar-refractivity contribution in [3.05, 3.63) is 24.0 Å². The van der Waals surface area contributed by atoms with Crippen LogP contribution in [0.3, 0.4) is 0 Å². The highest BCUT2D eigenvalue weighted by Crippen LogP contribution is 2.25. The number of hydrogen-bond donors (Lipinski definition) is 1. The Labute approximate surface area is 113 Å². The summed E-state index contributed by atoms with van der Waals surface area (Å²) in [7, 11) is 0. The zero-order valence-electron chi connectivity index (χ0n) is 11.6. The maximum atomic E-state index is 6.07. The van der Waals surface area contributed by atoms with Gasteiger partial charge >= 0.3 is 0 Å². The molecular formula is C14H21N5. The number of pyridine rings is 1. The van der Waals surface area contributed by atoms with Crippen molar-refractivity contribution in [1.29, 1.82) is 0 Å². The molecule has 1 aliphatic rings. The van der Waals surface area contributed by atoms with Gasteiger partial charge in [0.15, 0.2) is 5.65 Å². The molecule has 2 unspecified atom stereocenters. The second kappa shape index (κ2) is 4.81. The van der Waals surface area contributed by atoms with Gasteiger partial charge in [0.2, 0.25) is 0 Å². The smallest absolute Gasteiger partial charge is 0.157 e. The van der Waals surface area contributed by atoms with Gasteiger partial charge < -0.3 is 10.6 Å². The highest BCUT2D eigenvalue weighted by molar-refractivity contribution is 5.53. The highest BCUT2D eigenvalue weighted by atomic mass is 15.4. The van der Waals surface area contributed by atoms with E-state index in [1.54, 1.807) is 6.33 Å². The summed E-state index contributed by atoms with van der Waals surface area (Å²) < 4.78 is 1.93. The zero-order valence-corrected chi connectivity index (χ0v) is 11.6. The Kier molecular flexibility index (Phi) is 3.14. The van der Waals surface area contributed by atoms with E-state index >= 15 is 0 Å². The SMILES string of the molecule is Cc1cc(N2CCCC(C(C)N)C2)n2ncnc2c1. The minimum Gasteiger partial charge on any atom is -0.356 e. The fourth-order valence-corrected chi connectivity index (χ4v) is 2.91. The van der Waals surface area contributed by atoms with Crippen molar-refractivity contribution in [2.75, 3.05) is 18.0 Å². The monoisotopic (exact) mass is 259 g/mol. The second-order valence-corrected chi connectivity index (χ2v) is 5.63. The van der Waals surface area contributed by atoms with Crippen LogP contribution in [0.2, 0.25) is 0 Å². The van der Waals surface area contributed by atoms with Crippen molar-refractivity contribution in [2.24, 2.45) is 11.7 Å². The number of rotatable bonds is 2. The summed E-state index contributed by atoms with van der Waals surface area (Å²) in [5.41, 5.74) is 8.20. The number of anilines is 1. The molecule has 0 radical (unpaired) electrons. The molecule has 0 aliphatic carbocycles. The van der Waals surface area contributed by atoms with Crippen LogP contribution in [-0.2, 0) is 0 Å². The van der Waals surface area contributed by atoms with Crippen molar-refractivity contribution < 1.29 is 0 Å². The predicted molar refractivity (Wildman–Crippen MR) is 76.3 cm³/mol. The van der Waals surface area contributed by atoms with Gasteiger partial charge in [0.25, 0.3) is 0 Å². The van der Waals surface area contributed by atoms with Crippen LogP contribution in [0.25, 0.3) is 5.65 Å². The molecule has 5 nitrogen and oxygen atoms in total. The Morgan fingerprint density at radius 2 is 2.26 bits per heavy atom. The maximum absolute atomic E-state index is 6.07. The molecule has 2 N–H and O–H groups in total. The molecular weight excluding hydrogens is 238 g/mol. The summed E-state index contributed by atoms with van der Waals surface area (Å²) in [6.45, 7) is 6.29. The van der Waals surface area contributed by atoms with Crippen LogP contribution in [0.5, 0.6) is 0 Å². The lowest BCUT2D eigenvalue weighted by molar-refractivity contribution is 0.362. The van der Waals surface area contributed by atoms with E-state index in [0.717, 1.165) is 24.6 Å². The number of fused-ring (bicyclic) bond motifs is 1. The number of aromatic nitrogens is 3. The maximum Gasteiger partial charge on any atom is 0.157 e. The van der Waals surface area contributed by atoms with Crippen LogP contribution in [0.4, 0.5) is 5.82 Å². The first-order valence-corrected chi connectivity index (χ1v) is 6.96. The molecule has 1 fully saturated rings. The van der Waals surface area contributed by atoms with Gasteiger partial charge in [0, 0.05) is 19.1 Å². The lowest BCUT2D eigenvalue weighted by atomic mass is 9.92. The van der Waals surface area contributed by atoms with Crippen LogP contribution < -0.4 is 10.6 Å². The fourth-order valence-electron chi connectivity index (χ4n) is 2.91. The van der Waals surface area contributed by atoms with Crippen LogP contribution in [0.1, 0.15) is 25.3 Å². The van der Waals surface area contributed by atoms with Gasteiger partial charge in [-0.3, -0.25) is 0 Å². The van der Waals surface area contributed by atoms with Gasteiger partial charge in [-0.15, -0.1) is 0 Å². The van der Waals surface area contributed by atoms with Crippen LogP contribution in [-0.4, -0.2) is 33.7 Å². The number of nitrogens with zero attached hydrogens (tertiary/aromatic N) is 4. The molecule has 2 aromatic heterocycles. The standard InChI is InChI=1S/C14H21N5/c1-10-6-13-16-9-17-19(13)14(7-10)18-5-3-4-12(8-18)11(2)15/h6-7,9,11-12H,3-5,8,15H2,1-2H3. The molecule has 0 saturated carbocycles. The van der Waals surface area contributed by atoms with Crippen molar-refractivity contribution in [3.8, 4) is 0 Å². The third-order valence-electron chi connectivity index (χ3n) is 4.03. The molecule has 19 heavy (non-hydrogen) atoms. The van der Waals surface area contributed by atoms with E-state index in [4.69, 9.17) is 5.73 Å². The molecule has 3 heterocycles. The third-order valence-corrected chi connectivity index (χ3v) is 4.03. The van der Waals surface area contributed by atoms with E-state index in [2.05, 4.69) is 41.0 Å². The van der Waals surface area contributed by atoms with E-state index in [1.807, 2.05) is 4.52 Å². The molecule has 3 rings (SSSR count). The largest absolute Gasteiger partial charge is 0.356 e. The van der Waals surface area contributed by atoms with Gasteiger partial charge in [-0.25, -0.2) is 4.98 Å². The predicted octanol–water partition coefficient (Wildman–Crippen LogP) is 1.60. The number of nitrogens with two attached hydrogens (primary N) is 1. The van der Waals surface area contributed by atoms with Crippen molar-refractivity contribution >= 4 is 11.5 Å². The first-order chi connectivity index (χ1) is 9.15. The third kappa shape index (κ3) is 2.30. The lowest BCUT2D eigenvalue weighted by Gasteiger charge is -2.36. The van der Waals surface area contributed by atoms with Gasteiger partial charge in [-0.1, -0.05) is 0 Å². The normalized spacial score (nSPS) is 21.8. The van der Waals surface area contributed by atoms with Gasteiger partial charge in [0.1, 0.15) is 12.1 Å². The fraction of sp³-hybridized carbons (Fsp3) is 0.571. The minimum absolute atomic E-state index is 0.249. The Hall–Kier alpha value is -1.62. The van der Waals surface area contributed by atoms with Gasteiger partial charge in [0.05, 0.1) is 0 Å². The number of hydrogen-bond acceptors (Lipinski definition) is 4. The Morgan fingerprint density at radius 1 is 1.42 bits per heavy atom. The van der Waals surface area contributed by atoms with E-state index in [-0.39, 0.29) is 6.04 Å². The average Bonchev–Trinajstić information content (AvgIpc) is 2.85. The second-order valence-electron chi connectivity index (χ2n) is 5.63. The molecule has 0 spiro atoms. The Bertz CT molecular complexity index is 574. The lowest BCUT2D eigenvalue weighted by Crippen LogP contribution is -2.43. The van der Waals surface area contributed by atoms with E-state index < -0.39 is 0 Å². The van der Waals surface area contributed by atoms with Gasteiger partial charge in [-0.2, -0.15) is 9.61 Å².